The summed E-state index contributed by atoms with van der Waals surface area (Å²) >= 11 is 0. The summed E-state index contributed by atoms with van der Waals surface area (Å²) in [5.41, 5.74) is 8.04. The normalized spacial score (nSPS) is 17.7. The van der Waals surface area contributed by atoms with E-state index in [1.54, 1.807) is 6.92 Å². The summed E-state index contributed by atoms with van der Waals surface area (Å²) in [6, 6.07) is 6.92. The maximum absolute atomic E-state index is 11.9. The zero-order valence-electron chi connectivity index (χ0n) is 12.1. The van der Waals surface area contributed by atoms with Crippen LogP contribution in [0.4, 0.5) is 4.79 Å². The molecule has 0 aliphatic heterocycles. The molecule has 4 N–H and O–H groups in total. The van der Waals surface area contributed by atoms with Crippen LogP contribution in [0.1, 0.15) is 30.5 Å². The number of esters is 1. The third-order valence-corrected chi connectivity index (χ3v) is 3.51. The van der Waals surface area contributed by atoms with Crippen LogP contribution in [0.5, 0.6) is 0 Å². The lowest BCUT2D eigenvalue weighted by Crippen LogP contribution is -2.47. The number of hydrogen-bond acceptors (Lipinski definition) is 4. The van der Waals surface area contributed by atoms with E-state index >= 15 is 0 Å². The zero-order chi connectivity index (χ0) is 15.2. The molecule has 0 saturated carbocycles. The first-order valence-electron chi connectivity index (χ1n) is 7.16. The smallest absolute Gasteiger partial charge is 0.324 e. The van der Waals surface area contributed by atoms with Crippen LogP contribution in [0, 0.1) is 0 Å². The van der Waals surface area contributed by atoms with Gasteiger partial charge in [0.1, 0.15) is 6.04 Å². The number of ether oxygens (including phenoxy) is 1. The molecule has 0 bridgehead atoms. The highest BCUT2D eigenvalue weighted by Crippen LogP contribution is 2.30. The standard InChI is InChI=1S/C15H21N3O3/c1-2-21-14(19)12(16)9-17-15(20)18-13-8-7-10-5-3-4-6-11(10)13/h3-6,12-13H,2,7-9,16H2,1H3,(H2,17,18,20). The number of rotatable bonds is 5. The van der Waals surface area contributed by atoms with E-state index in [2.05, 4.69) is 16.7 Å². The van der Waals surface area contributed by atoms with Crippen LogP contribution in [0.25, 0.3) is 0 Å². The predicted octanol–water partition coefficient (Wildman–Crippen LogP) is 0.864. The molecule has 2 amide bonds. The number of urea groups is 1. The molecular weight excluding hydrogens is 270 g/mol. The third kappa shape index (κ3) is 3.95. The first kappa shape index (κ1) is 15.3. The molecule has 114 valence electrons. The number of aryl methyl sites for hydroxylation is 1. The summed E-state index contributed by atoms with van der Waals surface area (Å²) in [4.78, 5) is 23.2. The minimum absolute atomic E-state index is 0.0139. The van der Waals surface area contributed by atoms with Crippen LogP contribution in [0.2, 0.25) is 0 Å². The van der Waals surface area contributed by atoms with E-state index in [9.17, 15) is 9.59 Å². The summed E-state index contributed by atoms with van der Waals surface area (Å²) < 4.78 is 4.78. The van der Waals surface area contributed by atoms with Crippen LogP contribution < -0.4 is 16.4 Å². The van der Waals surface area contributed by atoms with Gasteiger partial charge in [0.25, 0.3) is 0 Å². The molecular formula is C15H21N3O3. The summed E-state index contributed by atoms with van der Waals surface area (Å²) in [6.07, 6.45) is 1.85. The lowest BCUT2D eigenvalue weighted by atomic mass is 10.1. The quantitative estimate of drug-likeness (QED) is 0.702. The average molecular weight is 291 g/mol. The number of fused-ring (bicyclic) bond motifs is 1. The van der Waals surface area contributed by atoms with Gasteiger partial charge in [0.2, 0.25) is 0 Å². The summed E-state index contributed by atoms with van der Waals surface area (Å²) in [6.45, 7) is 2.04. The highest BCUT2D eigenvalue weighted by molar-refractivity contribution is 5.78. The fourth-order valence-corrected chi connectivity index (χ4v) is 2.45. The van der Waals surface area contributed by atoms with Crippen molar-refractivity contribution in [3.63, 3.8) is 0 Å². The molecule has 0 fully saturated rings. The van der Waals surface area contributed by atoms with Gasteiger partial charge in [0, 0.05) is 6.54 Å². The third-order valence-electron chi connectivity index (χ3n) is 3.51. The molecule has 0 saturated heterocycles. The maximum Gasteiger partial charge on any atom is 0.324 e. The Hall–Kier alpha value is -2.08. The highest BCUT2D eigenvalue weighted by Gasteiger charge is 2.23. The average Bonchev–Trinajstić information content (AvgIpc) is 2.88. The van der Waals surface area contributed by atoms with Gasteiger partial charge in [-0.2, -0.15) is 0 Å². The van der Waals surface area contributed by atoms with Crippen molar-refractivity contribution in [2.24, 2.45) is 5.73 Å². The molecule has 2 unspecified atom stereocenters. The molecule has 21 heavy (non-hydrogen) atoms. The fourth-order valence-electron chi connectivity index (χ4n) is 2.45. The summed E-state index contributed by atoms with van der Waals surface area (Å²) in [5.74, 6) is -0.510. The predicted molar refractivity (Wildman–Crippen MR) is 78.6 cm³/mol. The van der Waals surface area contributed by atoms with E-state index in [0.29, 0.717) is 0 Å². The number of benzene rings is 1. The van der Waals surface area contributed by atoms with E-state index in [-0.39, 0.29) is 25.2 Å². The van der Waals surface area contributed by atoms with Crippen LogP contribution >= 0.6 is 0 Å². The number of carbonyl (C=O) groups is 2. The fraction of sp³-hybridized carbons (Fsp3) is 0.467. The van der Waals surface area contributed by atoms with Crippen LogP contribution in [-0.2, 0) is 16.0 Å². The second-order valence-electron chi connectivity index (χ2n) is 5.00. The van der Waals surface area contributed by atoms with Gasteiger partial charge in [0.15, 0.2) is 0 Å². The van der Waals surface area contributed by atoms with E-state index in [0.717, 1.165) is 18.4 Å². The van der Waals surface area contributed by atoms with Gasteiger partial charge < -0.3 is 21.1 Å². The topological polar surface area (TPSA) is 93.4 Å². The minimum Gasteiger partial charge on any atom is -0.465 e. The highest BCUT2D eigenvalue weighted by atomic mass is 16.5. The number of nitrogens with two attached hydrogens (primary N) is 1. The Balaban J connectivity index is 1.80. The Kier molecular flexibility index (Phi) is 5.16. The molecule has 1 aliphatic rings. The van der Waals surface area contributed by atoms with Crippen molar-refractivity contribution < 1.29 is 14.3 Å². The molecule has 2 rings (SSSR count). The lowest BCUT2D eigenvalue weighted by Gasteiger charge is -2.16. The van der Waals surface area contributed by atoms with Gasteiger partial charge in [-0.1, -0.05) is 24.3 Å². The maximum atomic E-state index is 11.9. The number of hydrogen-bond donors (Lipinski definition) is 3. The van der Waals surface area contributed by atoms with E-state index < -0.39 is 12.0 Å². The van der Waals surface area contributed by atoms with Crippen LogP contribution in [-0.4, -0.2) is 31.2 Å². The van der Waals surface area contributed by atoms with Gasteiger partial charge in [-0.3, -0.25) is 4.79 Å². The first-order valence-corrected chi connectivity index (χ1v) is 7.16. The monoisotopic (exact) mass is 291 g/mol. The molecule has 0 aromatic heterocycles. The second kappa shape index (κ2) is 7.08. The molecule has 1 aliphatic carbocycles. The van der Waals surface area contributed by atoms with Crippen molar-refractivity contribution in [2.75, 3.05) is 13.2 Å². The zero-order valence-corrected chi connectivity index (χ0v) is 12.1. The van der Waals surface area contributed by atoms with E-state index in [1.807, 2.05) is 18.2 Å². The Bertz CT molecular complexity index is 519. The SMILES string of the molecule is CCOC(=O)C(N)CNC(=O)NC1CCc2ccccc21. The molecule has 0 spiro atoms. The van der Waals surface area contributed by atoms with Crippen molar-refractivity contribution in [3.8, 4) is 0 Å². The molecule has 6 heteroatoms. The Labute approximate surface area is 124 Å². The van der Waals surface area contributed by atoms with Gasteiger partial charge >= 0.3 is 12.0 Å². The number of carbonyl (C=O) groups excluding carboxylic acids is 2. The van der Waals surface area contributed by atoms with Gasteiger partial charge in [0.05, 0.1) is 12.6 Å². The molecule has 0 heterocycles. The number of amides is 2. The second-order valence-corrected chi connectivity index (χ2v) is 5.00. The van der Waals surface area contributed by atoms with Gasteiger partial charge in [-0.05, 0) is 30.9 Å². The molecule has 2 atom stereocenters. The number of nitrogens with one attached hydrogen (secondary N) is 2. The first-order chi connectivity index (χ1) is 10.1. The Morgan fingerprint density at radius 3 is 2.95 bits per heavy atom. The van der Waals surface area contributed by atoms with Crippen molar-refractivity contribution >= 4 is 12.0 Å². The van der Waals surface area contributed by atoms with E-state index in [4.69, 9.17) is 10.5 Å². The van der Waals surface area contributed by atoms with Crippen molar-refractivity contribution in [2.45, 2.75) is 31.8 Å². The molecule has 1 aromatic carbocycles. The van der Waals surface area contributed by atoms with Crippen LogP contribution in [0.15, 0.2) is 24.3 Å². The van der Waals surface area contributed by atoms with Gasteiger partial charge in [-0.25, -0.2) is 4.79 Å². The molecule has 6 nitrogen and oxygen atoms in total. The van der Waals surface area contributed by atoms with E-state index in [1.165, 1.54) is 5.56 Å². The largest absolute Gasteiger partial charge is 0.465 e. The summed E-state index contributed by atoms with van der Waals surface area (Å²) in [5, 5.41) is 5.51. The van der Waals surface area contributed by atoms with Gasteiger partial charge in [-0.15, -0.1) is 0 Å². The van der Waals surface area contributed by atoms with Crippen molar-refractivity contribution in [1.82, 2.24) is 10.6 Å². The van der Waals surface area contributed by atoms with Crippen molar-refractivity contribution in [1.29, 1.82) is 0 Å². The Morgan fingerprint density at radius 1 is 1.43 bits per heavy atom. The lowest BCUT2D eigenvalue weighted by molar-refractivity contribution is -0.144. The molecule has 1 aromatic rings. The van der Waals surface area contributed by atoms with Crippen molar-refractivity contribution in [3.05, 3.63) is 35.4 Å². The Morgan fingerprint density at radius 2 is 2.19 bits per heavy atom. The minimum atomic E-state index is -0.841. The van der Waals surface area contributed by atoms with Crippen LogP contribution in [0.3, 0.4) is 0 Å². The summed E-state index contributed by atoms with van der Waals surface area (Å²) in [7, 11) is 0. The molecule has 0 radical (unpaired) electrons.